The van der Waals surface area contributed by atoms with E-state index in [0.717, 1.165) is 35.6 Å². The predicted octanol–water partition coefficient (Wildman–Crippen LogP) is 17.9. The molecule has 10 aromatic carbocycles. The summed E-state index contributed by atoms with van der Waals surface area (Å²) < 4.78 is 2.33. The summed E-state index contributed by atoms with van der Waals surface area (Å²) in [5.41, 5.74) is 23.9. The Morgan fingerprint density at radius 3 is 1.65 bits per heavy atom. The summed E-state index contributed by atoms with van der Waals surface area (Å²) in [6.45, 7) is 0. The molecule has 1 unspecified atom stereocenters. The van der Waals surface area contributed by atoms with E-state index in [1.54, 1.807) is 0 Å². The Balaban J connectivity index is 1.04. The third kappa shape index (κ3) is 6.29. The second-order valence-electron chi connectivity index (χ2n) is 19.2. The van der Waals surface area contributed by atoms with Gasteiger partial charge in [-0.1, -0.05) is 182 Å². The van der Waals surface area contributed by atoms with E-state index in [4.69, 9.17) is 0 Å². The Morgan fingerprint density at radius 1 is 0.380 bits per heavy atom. The smallest absolute Gasteiger partial charge is 0.0727 e. The van der Waals surface area contributed by atoms with Gasteiger partial charge in [-0.3, -0.25) is 0 Å². The van der Waals surface area contributed by atoms with E-state index in [-0.39, 0.29) is 0 Å². The van der Waals surface area contributed by atoms with Crippen molar-refractivity contribution in [3.8, 4) is 44.5 Å². The van der Waals surface area contributed by atoms with Crippen LogP contribution < -0.4 is 9.80 Å². The highest BCUT2D eigenvalue weighted by molar-refractivity contribution is 6.09. The van der Waals surface area contributed by atoms with Crippen LogP contribution in [0.25, 0.3) is 66.3 Å². The number of nitrogens with zero attached hydrogens (tertiary/aromatic N) is 3. The third-order valence-corrected chi connectivity index (χ3v) is 15.5. The van der Waals surface area contributed by atoms with Crippen LogP contribution in [0.3, 0.4) is 0 Å². The first-order chi connectivity index (χ1) is 35.1. The number of benzene rings is 10. The fourth-order valence-electron chi connectivity index (χ4n) is 12.3. The number of fused-ring (bicyclic) bond motifs is 13. The van der Waals surface area contributed by atoms with Crippen molar-refractivity contribution >= 4 is 50.2 Å². The van der Waals surface area contributed by atoms with Crippen molar-refractivity contribution in [3.63, 3.8) is 0 Å². The highest BCUT2D eigenvalue weighted by atomic mass is 15.2. The molecule has 1 aromatic heterocycles. The Bertz CT molecular complexity index is 3940. The van der Waals surface area contributed by atoms with Crippen molar-refractivity contribution in [1.29, 1.82) is 0 Å². The van der Waals surface area contributed by atoms with E-state index in [0.29, 0.717) is 0 Å². The molecule has 3 aliphatic rings. The zero-order valence-electron chi connectivity index (χ0n) is 39.5. The minimum Gasteiger partial charge on any atom is -0.344 e. The molecule has 11 aromatic rings. The normalized spacial score (nSPS) is 15.1. The van der Waals surface area contributed by atoms with Gasteiger partial charge in [-0.25, -0.2) is 0 Å². The minimum atomic E-state index is -0.607. The molecule has 3 heteroatoms. The van der Waals surface area contributed by atoms with Crippen molar-refractivity contribution in [2.75, 3.05) is 9.80 Å². The lowest BCUT2D eigenvalue weighted by Gasteiger charge is -2.35. The number of rotatable bonds is 8. The van der Waals surface area contributed by atoms with Crippen LogP contribution in [-0.4, -0.2) is 4.57 Å². The topological polar surface area (TPSA) is 11.4 Å². The Hall–Kier alpha value is -8.92. The lowest BCUT2D eigenvalue weighted by Crippen LogP contribution is -2.27. The van der Waals surface area contributed by atoms with Crippen LogP contribution in [0.1, 0.15) is 35.1 Å². The molecule has 0 aliphatic heterocycles. The maximum Gasteiger partial charge on any atom is 0.0727 e. The largest absolute Gasteiger partial charge is 0.344 e. The van der Waals surface area contributed by atoms with E-state index in [1.165, 1.54) is 100.0 Å². The van der Waals surface area contributed by atoms with Gasteiger partial charge in [0.2, 0.25) is 0 Å². The van der Waals surface area contributed by atoms with Gasteiger partial charge in [0.05, 0.1) is 16.6 Å². The highest BCUT2D eigenvalue weighted by Crippen LogP contribution is 2.65. The summed E-state index contributed by atoms with van der Waals surface area (Å²) >= 11 is 0. The van der Waals surface area contributed by atoms with Crippen LogP contribution in [-0.2, 0) is 12.5 Å². The number of anilines is 5. The van der Waals surface area contributed by atoms with Gasteiger partial charge in [-0.15, -0.1) is 0 Å². The van der Waals surface area contributed by atoms with Gasteiger partial charge in [0.1, 0.15) is 0 Å². The van der Waals surface area contributed by atoms with Gasteiger partial charge >= 0.3 is 0 Å². The van der Waals surface area contributed by atoms with Crippen molar-refractivity contribution < 1.29 is 0 Å². The molecule has 0 amide bonds. The van der Waals surface area contributed by atoms with Crippen molar-refractivity contribution in [2.24, 2.45) is 7.05 Å². The van der Waals surface area contributed by atoms with E-state index in [2.05, 4.69) is 276 Å². The molecule has 0 N–H and O–H groups in total. The summed E-state index contributed by atoms with van der Waals surface area (Å²) in [6.07, 6.45) is 8.76. The van der Waals surface area contributed by atoms with Crippen LogP contribution in [0, 0.1) is 0 Å². The number of aryl methyl sites for hydroxylation is 1. The van der Waals surface area contributed by atoms with E-state index < -0.39 is 5.41 Å². The maximum absolute atomic E-state index is 2.57. The van der Waals surface area contributed by atoms with Gasteiger partial charge in [0.15, 0.2) is 0 Å². The Kier molecular flexibility index (Phi) is 9.47. The molecule has 71 heavy (non-hydrogen) atoms. The molecule has 14 rings (SSSR count). The average Bonchev–Trinajstić information content (AvgIpc) is 4.02. The zero-order valence-corrected chi connectivity index (χ0v) is 39.5. The quantitative estimate of drug-likeness (QED) is 0.150. The van der Waals surface area contributed by atoms with E-state index >= 15 is 0 Å². The van der Waals surface area contributed by atoms with Crippen LogP contribution in [0.2, 0.25) is 0 Å². The number of para-hydroxylation sites is 3. The molecule has 0 fully saturated rings. The van der Waals surface area contributed by atoms with Crippen molar-refractivity contribution in [2.45, 2.75) is 18.3 Å². The highest BCUT2D eigenvalue weighted by Gasteiger charge is 2.52. The summed E-state index contributed by atoms with van der Waals surface area (Å²) in [4.78, 5) is 4.99. The molecule has 1 spiro atoms. The Morgan fingerprint density at radius 2 is 0.930 bits per heavy atom. The van der Waals surface area contributed by atoms with Gasteiger partial charge in [0.25, 0.3) is 0 Å². The van der Waals surface area contributed by atoms with Gasteiger partial charge in [0, 0.05) is 57.3 Å². The number of aromatic nitrogens is 1. The lowest BCUT2D eigenvalue weighted by atomic mass is 9.70. The minimum absolute atomic E-state index is 0.607. The summed E-state index contributed by atoms with van der Waals surface area (Å²) in [7, 11) is 2.19. The zero-order chi connectivity index (χ0) is 47.0. The summed E-state index contributed by atoms with van der Waals surface area (Å²) in [5, 5.41) is 2.53. The first-order valence-electron chi connectivity index (χ1n) is 24.9. The van der Waals surface area contributed by atoms with Gasteiger partial charge in [-0.05, 0) is 147 Å². The lowest BCUT2D eigenvalue weighted by molar-refractivity contribution is 0.793. The molecule has 0 saturated carbocycles. The molecular formula is C68H49N3. The average molecular weight is 908 g/mol. The monoisotopic (exact) mass is 907 g/mol. The molecule has 0 saturated heterocycles. The first kappa shape index (κ1) is 41.1. The molecule has 336 valence electrons. The molecule has 1 atom stereocenters. The summed E-state index contributed by atoms with van der Waals surface area (Å²) in [6, 6.07) is 88.2. The second-order valence-corrected chi connectivity index (χ2v) is 19.2. The SMILES string of the molecule is Cn1c2ccccc2c2ccc(N(c3ccccc3)c3ccc4c(c3)C3(c5ccccc5-4)c4ccccc4-c4cc(-c5ccc(-c6ccccc6)cc5)c(N(C5=CC=CCC5)c5ccccc5)cc43)cc21. The molecule has 3 nitrogen and oxygen atoms in total. The standard InChI is InChI=1S/C68H49N3/c1-69-65-33-19-16-30-57(65)58-41-39-53(43-66(58)69)70(49-22-8-3-9-23-49)52-38-40-56-54-28-14-17-31-61(54)68(63(56)42-52)62-32-18-15-29-55(62)60-44-59(48-36-34-47(35-37-48)46-20-6-2-7-21-46)67(45-64(60)68)71(50-24-10-4-11-25-50)51-26-12-5-13-27-51/h2-12,14-26,28-45H,13,27H2,1H3. The molecule has 0 bridgehead atoms. The third-order valence-electron chi connectivity index (χ3n) is 15.5. The molecule has 1 heterocycles. The molecule has 0 radical (unpaired) electrons. The first-order valence-corrected chi connectivity index (χ1v) is 24.9. The van der Waals surface area contributed by atoms with Crippen LogP contribution >= 0.6 is 0 Å². The predicted molar refractivity (Wildman–Crippen MR) is 297 cm³/mol. The second kappa shape index (κ2) is 16.4. The fraction of sp³-hybridized carbons (Fsp3) is 0.0588. The van der Waals surface area contributed by atoms with Crippen LogP contribution in [0.15, 0.2) is 261 Å². The van der Waals surface area contributed by atoms with Gasteiger partial charge in [-0.2, -0.15) is 0 Å². The van der Waals surface area contributed by atoms with Crippen molar-refractivity contribution in [3.05, 3.63) is 283 Å². The Labute approximate surface area is 415 Å². The molecular weight excluding hydrogens is 859 g/mol. The van der Waals surface area contributed by atoms with E-state index in [9.17, 15) is 0 Å². The molecule has 3 aliphatic carbocycles. The van der Waals surface area contributed by atoms with Crippen molar-refractivity contribution in [1.82, 2.24) is 4.57 Å². The van der Waals surface area contributed by atoms with Crippen LogP contribution in [0.5, 0.6) is 0 Å². The number of hydrogen-bond donors (Lipinski definition) is 0. The number of allylic oxidation sites excluding steroid dienone is 4. The van der Waals surface area contributed by atoms with E-state index in [1.807, 2.05) is 0 Å². The summed E-state index contributed by atoms with van der Waals surface area (Å²) in [5.74, 6) is 0. The maximum atomic E-state index is 2.57. The van der Waals surface area contributed by atoms with Crippen LogP contribution in [0.4, 0.5) is 28.4 Å². The number of hydrogen-bond acceptors (Lipinski definition) is 2. The fourth-order valence-corrected chi connectivity index (χ4v) is 12.3. The van der Waals surface area contributed by atoms with Gasteiger partial charge < -0.3 is 14.4 Å².